The monoisotopic (exact) mass is 349 g/mol. The van der Waals surface area contributed by atoms with Crippen molar-refractivity contribution in [3.8, 4) is 5.75 Å². The molecule has 0 unspecified atom stereocenters. The van der Waals surface area contributed by atoms with Crippen molar-refractivity contribution in [2.75, 3.05) is 32.2 Å². The number of carbonyl (C=O) groups is 1. The number of hydrogen-bond donors (Lipinski definition) is 2. The number of quaternary nitrogens is 1. The minimum Gasteiger partial charge on any atom is -0.497 e. The summed E-state index contributed by atoms with van der Waals surface area (Å²) in [5.41, 5.74) is -0.156. The summed E-state index contributed by atoms with van der Waals surface area (Å²) in [6, 6.07) is 7.12. The van der Waals surface area contributed by atoms with Gasteiger partial charge in [-0.2, -0.15) is 0 Å². The molecule has 0 radical (unpaired) electrons. The molecule has 3 saturated heterocycles. The number of ether oxygens (including phenoxy) is 4. The van der Waals surface area contributed by atoms with E-state index in [4.69, 9.17) is 18.9 Å². The molecule has 0 saturated carbocycles. The first-order chi connectivity index (χ1) is 11.9. The normalized spacial score (nSPS) is 38.4. The van der Waals surface area contributed by atoms with Gasteiger partial charge in [-0.1, -0.05) is 0 Å². The first-order valence-corrected chi connectivity index (χ1v) is 8.63. The second-order valence-electron chi connectivity index (χ2n) is 7.62. The maximum absolute atomic E-state index is 12.2. The molecule has 1 amide bonds. The highest BCUT2D eigenvalue weighted by molar-refractivity contribution is 5.84. The van der Waals surface area contributed by atoms with Gasteiger partial charge < -0.3 is 18.9 Å². The van der Waals surface area contributed by atoms with Crippen LogP contribution in [0, 0.1) is 0 Å². The van der Waals surface area contributed by atoms with Gasteiger partial charge in [-0.25, -0.2) is 4.79 Å². The summed E-state index contributed by atoms with van der Waals surface area (Å²) in [4.78, 5) is 13.5. The predicted octanol–water partition coefficient (Wildman–Crippen LogP) is 1.15. The lowest BCUT2D eigenvalue weighted by Gasteiger charge is -2.34. The SMILES string of the molecule is COc1ccc(NC(=O)OCC23CO[C@]4(C)CC[C@@](C)(OC2)[NH+]34)cc1. The quantitative estimate of drug-likeness (QED) is 0.853. The van der Waals surface area contributed by atoms with E-state index in [-0.39, 0.29) is 23.6 Å². The van der Waals surface area contributed by atoms with Crippen molar-refractivity contribution in [3.05, 3.63) is 24.3 Å². The number of anilines is 1. The molecule has 25 heavy (non-hydrogen) atoms. The molecule has 7 nitrogen and oxygen atoms in total. The Bertz CT molecular complexity index is 657. The number of nitrogens with one attached hydrogen (secondary N) is 2. The molecule has 2 atom stereocenters. The Hall–Kier alpha value is -1.83. The fourth-order valence-corrected chi connectivity index (χ4v) is 4.67. The summed E-state index contributed by atoms with van der Waals surface area (Å²) in [6.45, 7) is 5.62. The molecule has 3 aliphatic rings. The van der Waals surface area contributed by atoms with E-state index in [1.165, 1.54) is 4.90 Å². The third-order valence-corrected chi connectivity index (χ3v) is 5.82. The van der Waals surface area contributed by atoms with Gasteiger partial charge in [0.15, 0.2) is 12.1 Å². The average Bonchev–Trinajstić information content (AvgIpc) is 3.18. The van der Waals surface area contributed by atoms with Crippen molar-refractivity contribution < 1.29 is 28.6 Å². The van der Waals surface area contributed by atoms with E-state index in [0.717, 1.165) is 18.6 Å². The lowest BCUT2D eigenvalue weighted by Crippen LogP contribution is -3.27. The molecule has 3 aliphatic heterocycles. The van der Waals surface area contributed by atoms with Gasteiger partial charge in [0.1, 0.15) is 19.0 Å². The van der Waals surface area contributed by atoms with Crippen LogP contribution >= 0.6 is 0 Å². The molecule has 3 heterocycles. The van der Waals surface area contributed by atoms with Crippen molar-refractivity contribution in [1.82, 2.24) is 0 Å². The van der Waals surface area contributed by atoms with Crippen molar-refractivity contribution in [2.24, 2.45) is 0 Å². The van der Waals surface area contributed by atoms with E-state index in [2.05, 4.69) is 19.2 Å². The van der Waals surface area contributed by atoms with E-state index < -0.39 is 6.09 Å². The van der Waals surface area contributed by atoms with Gasteiger partial charge in [0.25, 0.3) is 0 Å². The molecular formula is C18H25N2O5+. The summed E-state index contributed by atoms with van der Waals surface area (Å²) in [5, 5.41) is 2.74. The molecular weight excluding hydrogens is 324 g/mol. The predicted molar refractivity (Wildman–Crippen MR) is 89.6 cm³/mol. The van der Waals surface area contributed by atoms with Crippen LogP contribution < -0.4 is 15.0 Å². The Balaban J connectivity index is 1.40. The average molecular weight is 349 g/mol. The fourth-order valence-electron chi connectivity index (χ4n) is 4.67. The van der Waals surface area contributed by atoms with Crippen LogP contribution in [-0.4, -0.2) is 50.0 Å². The van der Waals surface area contributed by atoms with Crippen LogP contribution in [-0.2, 0) is 14.2 Å². The molecule has 7 heteroatoms. The van der Waals surface area contributed by atoms with Gasteiger partial charge in [-0.15, -0.1) is 0 Å². The molecule has 0 aromatic heterocycles. The highest BCUT2D eigenvalue weighted by atomic mass is 16.6. The molecule has 1 aromatic carbocycles. The molecule has 4 rings (SSSR count). The van der Waals surface area contributed by atoms with E-state index in [1.807, 2.05) is 0 Å². The van der Waals surface area contributed by atoms with Crippen LogP contribution in [0.3, 0.4) is 0 Å². The number of rotatable bonds is 4. The zero-order valence-electron chi connectivity index (χ0n) is 14.9. The number of carbonyl (C=O) groups excluding carboxylic acids is 1. The standard InChI is InChI=1S/C18H24N2O5/c1-16-8-9-17(2)20(16)18(11-24-16,12-25-17)10-23-15(21)19-13-4-6-14(22-3)7-5-13/h4-7H,8-12H2,1-3H3,(H,19,21)/p+1/t16-,17-/m1/s1. The second kappa shape index (κ2) is 5.59. The highest BCUT2D eigenvalue weighted by Gasteiger charge is 2.74. The Morgan fingerprint density at radius 3 is 2.32 bits per heavy atom. The zero-order chi connectivity index (χ0) is 17.7. The topological polar surface area (TPSA) is 70.5 Å². The lowest BCUT2D eigenvalue weighted by atomic mass is 10.0. The smallest absolute Gasteiger partial charge is 0.411 e. The summed E-state index contributed by atoms with van der Waals surface area (Å²) < 4.78 is 22.9. The third kappa shape index (κ3) is 2.58. The van der Waals surface area contributed by atoms with E-state index in [0.29, 0.717) is 18.9 Å². The van der Waals surface area contributed by atoms with Crippen LogP contribution in [0.25, 0.3) is 0 Å². The van der Waals surface area contributed by atoms with Gasteiger partial charge in [0.2, 0.25) is 11.4 Å². The largest absolute Gasteiger partial charge is 0.497 e. The zero-order valence-corrected chi connectivity index (χ0v) is 14.9. The fraction of sp³-hybridized carbons (Fsp3) is 0.611. The number of hydrogen-bond acceptors (Lipinski definition) is 5. The maximum atomic E-state index is 12.2. The van der Waals surface area contributed by atoms with E-state index in [9.17, 15) is 4.79 Å². The third-order valence-electron chi connectivity index (χ3n) is 5.82. The van der Waals surface area contributed by atoms with Crippen LogP contribution in [0.1, 0.15) is 26.7 Å². The maximum Gasteiger partial charge on any atom is 0.411 e. The molecule has 2 N–H and O–H groups in total. The molecule has 1 aromatic rings. The summed E-state index contributed by atoms with van der Waals surface area (Å²) in [6.07, 6.45) is 1.44. The Kier molecular flexibility index (Phi) is 3.72. The Morgan fingerprint density at radius 1 is 1.16 bits per heavy atom. The molecule has 0 bridgehead atoms. The van der Waals surface area contributed by atoms with Crippen LogP contribution in [0.4, 0.5) is 10.5 Å². The molecule has 3 fully saturated rings. The lowest BCUT2D eigenvalue weighted by molar-refractivity contribution is -1.02. The van der Waals surface area contributed by atoms with Crippen LogP contribution in [0.5, 0.6) is 5.75 Å². The summed E-state index contributed by atoms with van der Waals surface area (Å²) in [7, 11) is 1.60. The van der Waals surface area contributed by atoms with Crippen molar-refractivity contribution in [3.63, 3.8) is 0 Å². The second-order valence-corrected chi connectivity index (χ2v) is 7.62. The first kappa shape index (κ1) is 16.6. The number of methoxy groups -OCH3 is 1. The summed E-state index contributed by atoms with van der Waals surface area (Å²) in [5.74, 6) is 0.736. The molecule has 136 valence electrons. The van der Waals surface area contributed by atoms with Gasteiger partial charge >= 0.3 is 6.09 Å². The van der Waals surface area contributed by atoms with Gasteiger partial charge in [0, 0.05) is 32.4 Å². The van der Waals surface area contributed by atoms with Crippen molar-refractivity contribution in [2.45, 2.75) is 43.7 Å². The number of amides is 1. The minimum absolute atomic E-state index is 0.249. The van der Waals surface area contributed by atoms with Crippen molar-refractivity contribution in [1.29, 1.82) is 0 Å². The molecule has 0 spiro atoms. The van der Waals surface area contributed by atoms with E-state index >= 15 is 0 Å². The first-order valence-electron chi connectivity index (χ1n) is 8.63. The van der Waals surface area contributed by atoms with Crippen LogP contribution in [0.15, 0.2) is 24.3 Å². The minimum atomic E-state index is -0.472. The Morgan fingerprint density at radius 2 is 1.76 bits per heavy atom. The van der Waals surface area contributed by atoms with E-state index in [1.54, 1.807) is 31.4 Å². The van der Waals surface area contributed by atoms with Gasteiger partial charge in [-0.05, 0) is 24.3 Å². The Labute approximate surface area is 147 Å². The highest BCUT2D eigenvalue weighted by Crippen LogP contribution is 2.39. The van der Waals surface area contributed by atoms with Gasteiger partial charge in [0.05, 0.1) is 7.11 Å². The van der Waals surface area contributed by atoms with Crippen LogP contribution in [0.2, 0.25) is 0 Å². The summed E-state index contributed by atoms with van der Waals surface area (Å²) >= 11 is 0. The van der Waals surface area contributed by atoms with Crippen molar-refractivity contribution >= 4 is 11.8 Å². The molecule has 0 aliphatic carbocycles. The van der Waals surface area contributed by atoms with Gasteiger partial charge in [-0.3, -0.25) is 10.2 Å². The number of benzene rings is 1.